The van der Waals surface area contributed by atoms with E-state index >= 15 is 0 Å². The highest BCUT2D eigenvalue weighted by atomic mass is 16.4. The van der Waals surface area contributed by atoms with E-state index in [2.05, 4.69) is 11.8 Å². The Morgan fingerprint density at radius 3 is 2.61 bits per heavy atom. The van der Waals surface area contributed by atoms with E-state index in [1.54, 1.807) is 12.1 Å². The van der Waals surface area contributed by atoms with Gasteiger partial charge in [0.2, 0.25) is 0 Å². The number of nitrogen functional groups attached to an aromatic ring is 1. The van der Waals surface area contributed by atoms with Gasteiger partial charge in [-0.05, 0) is 37.0 Å². The molecule has 18 heavy (non-hydrogen) atoms. The summed E-state index contributed by atoms with van der Waals surface area (Å²) >= 11 is 0. The number of nitrogens with two attached hydrogens (primary N) is 1. The van der Waals surface area contributed by atoms with Gasteiger partial charge in [0.15, 0.2) is 0 Å². The van der Waals surface area contributed by atoms with E-state index in [0.717, 1.165) is 24.7 Å². The molecule has 0 atom stereocenters. The monoisotopic (exact) mass is 248 g/mol. The molecule has 0 radical (unpaired) electrons. The van der Waals surface area contributed by atoms with E-state index in [9.17, 15) is 4.79 Å². The summed E-state index contributed by atoms with van der Waals surface area (Å²) in [4.78, 5) is 13.2. The molecular formula is C14H20N2O2. The maximum atomic E-state index is 10.9. The Kier molecular flexibility index (Phi) is 3.75. The van der Waals surface area contributed by atoms with Gasteiger partial charge in [0.1, 0.15) is 0 Å². The van der Waals surface area contributed by atoms with Crippen LogP contribution >= 0.6 is 0 Å². The van der Waals surface area contributed by atoms with Gasteiger partial charge in [-0.15, -0.1) is 0 Å². The molecule has 1 aliphatic heterocycles. The summed E-state index contributed by atoms with van der Waals surface area (Å²) < 4.78 is 0. The first-order chi connectivity index (χ1) is 8.61. The summed E-state index contributed by atoms with van der Waals surface area (Å²) in [5.41, 5.74) is 7.34. The van der Waals surface area contributed by atoms with Crippen molar-refractivity contribution in [3.8, 4) is 0 Å². The average molecular weight is 248 g/mol. The standard InChI is InChI=1S/C14H20N2O2/c1-2-10-5-7-16(8-6-10)11-3-4-12(14(17)18)13(15)9-11/h3-4,9-10H,2,5-8,15H2,1H3,(H,17,18). The van der Waals surface area contributed by atoms with E-state index in [0.29, 0.717) is 5.69 Å². The summed E-state index contributed by atoms with van der Waals surface area (Å²) in [6.45, 7) is 4.30. The minimum Gasteiger partial charge on any atom is -0.478 e. The molecule has 4 heteroatoms. The van der Waals surface area contributed by atoms with Crippen LogP contribution in [0.1, 0.15) is 36.5 Å². The molecule has 0 amide bonds. The smallest absolute Gasteiger partial charge is 0.337 e. The van der Waals surface area contributed by atoms with Crippen molar-refractivity contribution in [3.63, 3.8) is 0 Å². The molecule has 1 heterocycles. The van der Waals surface area contributed by atoms with E-state index in [4.69, 9.17) is 10.8 Å². The molecule has 1 aliphatic rings. The number of hydrogen-bond acceptors (Lipinski definition) is 3. The molecule has 1 aromatic rings. The Balaban J connectivity index is 2.11. The van der Waals surface area contributed by atoms with Crippen LogP contribution in [0.5, 0.6) is 0 Å². The second-order valence-electron chi connectivity index (χ2n) is 4.92. The Morgan fingerprint density at radius 2 is 2.11 bits per heavy atom. The number of piperidine rings is 1. The van der Waals surface area contributed by atoms with Crippen molar-refractivity contribution >= 4 is 17.3 Å². The van der Waals surface area contributed by atoms with Gasteiger partial charge in [0.25, 0.3) is 0 Å². The topological polar surface area (TPSA) is 66.6 Å². The second kappa shape index (κ2) is 5.29. The quantitative estimate of drug-likeness (QED) is 0.807. The molecule has 0 unspecified atom stereocenters. The minimum atomic E-state index is -0.969. The molecule has 1 saturated heterocycles. The minimum absolute atomic E-state index is 0.183. The van der Waals surface area contributed by atoms with Crippen molar-refractivity contribution in [2.24, 2.45) is 5.92 Å². The molecule has 0 aliphatic carbocycles. The van der Waals surface area contributed by atoms with Crippen molar-refractivity contribution < 1.29 is 9.90 Å². The molecule has 0 spiro atoms. The number of hydrogen-bond donors (Lipinski definition) is 2. The fourth-order valence-electron chi connectivity index (χ4n) is 2.54. The van der Waals surface area contributed by atoms with Gasteiger partial charge < -0.3 is 15.7 Å². The maximum Gasteiger partial charge on any atom is 0.337 e. The van der Waals surface area contributed by atoms with E-state index in [1.165, 1.54) is 19.3 Å². The third-order valence-electron chi connectivity index (χ3n) is 3.82. The fourth-order valence-corrected chi connectivity index (χ4v) is 2.54. The summed E-state index contributed by atoms with van der Waals surface area (Å²) in [7, 11) is 0. The lowest BCUT2D eigenvalue weighted by molar-refractivity contribution is 0.0698. The second-order valence-corrected chi connectivity index (χ2v) is 4.92. The summed E-state index contributed by atoms with van der Waals surface area (Å²) in [5.74, 6) is -0.138. The first-order valence-electron chi connectivity index (χ1n) is 6.49. The van der Waals surface area contributed by atoms with Crippen LogP contribution in [0.15, 0.2) is 18.2 Å². The number of carboxylic acids is 1. The van der Waals surface area contributed by atoms with Gasteiger partial charge in [-0.3, -0.25) is 0 Å². The Hall–Kier alpha value is -1.71. The molecule has 0 aromatic heterocycles. The Labute approximate surface area is 107 Å². The lowest BCUT2D eigenvalue weighted by Gasteiger charge is -2.33. The summed E-state index contributed by atoms with van der Waals surface area (Å²) in [6, 6.07) is 5.22. The Morgan fingerprint density at radius 1 is 1.44 bits per heavy atom. The van der Waals surface area contributed by atoms with Crippen molar-refractivity contribution in [3.05, 3.63) is 23.8 Å². The van der Waals surface area contributed by atoms with Crippen LogP contribution in [0.25, 0.3) is 0 Å². The van der Waals surface area contributed by atoms with Crippen LogP contribution < -0.4 is 10.6 Å². The average Bonchev–Trinajstić information content (AvgIpc) is 2.38. The molecule has 1 fully saturated rings. The lowest BCUT2D eigenvalue weighted by Crippen LogP contribution is -2.33. The van der Waals surface area contributed by atoms with Gasteiger partial charge in [-0.2, -0.15) is 0 Å². The zero-order valence-electron chi connectivity index (χ0n) is 10.7. The molecule has 98 valence electrons. The molecule has 4 nitrogen and oxygen atoms in total. The zero-order chi connectivity index (χ0) is 13.1. The van der Waals surface area contributed by atoms with Crippen LogP contribution in [0.4, 0.5) is 11.4 Å². The van der Waals surface area contributed by atoms with E-state index < -0.39 is 5.97 Å². The largest absolute Gasteiger partial charge is 0.478 e. The van der Waals surface area contributed by atoms with Crippen molar-refractivity contribution in [2.45, 2.75) is 26.2 Å². The van der Waals surface area contributed by atoms with Gasteiger partial charge in [-0.25, -0.2) is 4.79 Å². The summed E-state index contributed by atoms with van der Waals surface area (Å²) in [5, 5.41) is 8.94. The third-order valence-corrected chi connectivity index (χ3v) is 3.82. The number of rotatable bonds is 3. The number of benzene rings is 1. The van der Waals surface area contributed by atoms with E-state index in [1.807, 2.05) is 6.07 Å². The SMILES string of the molecule is CCC1CCN(c2ccc(C(=O)O)c(N)c2)CC1. The van der Waals surface area contributed by atoms with Gasteiger partial charge >= 0.3 is 5.97 Å². The fraction of sp³-hybridized carbons (Fsp3) is 0.500. The highest BCUT2D eigenvalue weighted by molar-refractivity contribution is 5.94. The van der Waals surface area contributed by atoms with Gasteiger partial charge in [0, 0.05) is 24.5 Å². The third kappa shape index (κ3) is 2.58. The molecule has 3 N–H and O–H groups in total. The van der Waals surface area contributed by atoms with Crippen LogP contribution in [-0.2, 0) is 0 Å². The molecule has 2 rings (SSSR count). The molecule has 0 saturated carbocycles. The Bertz CT molecular complexity index is 437. The van der Waals surface area contributed by atoms with Gasteiger partial charge in [-0.1, -0.05) is 13.3 Å². The summed E-state index contributed by atoms with van der Waals surface area (Å²) in [6.07, 6.45) is 3.65. The first-order valence-corrected chi connectivity index (χ1v) is 6.49. The number of aromatic carboxylic acids is 1. The zero-order valence-corrected chi connectivity index (χ0v) is 10.7. The maximum absolute atomic E-state index is 10.9. The van der Waals surface area contributed by atoms with Crippen LogP contribution in [0, 0.1) is 5.92 Å². The number of anilines is 2. The predicted octanol–water partition coefficient (Wildman–Crippen LogP) is 2.59. The number of carbonyl (C=O) groups is 1. The first kappa shape index (κ1) is 12.7. The van der Waals surface area contributed by atoms with Crippen LogP contribution in [-0.4, -0.2) is 24.2 Å². The van der Waals surface area contributed by atoms with Crippen molar-refractivity contribution in [2.75, 3.05) is 23.7 Å². The lowest BCUT2D eigenvalue weighted by atomic mass is 9.94. The number of carboxylic acid groups (broad SMARTS) is 1. The molecule has 1 aromatic carbocycles. The van der Waals surface area contributed by atoms with Crippen LogP contribution in [0.3, 0.4) is 0 Å². The van der Waals surface area contributed by atoms with Crippen molar-refractivity contribution in [1.29, 1.82) is 0 Å². The highest BCUT2D eigenvalue weighted by Crippen LogP contribution is 2.27. The molecule has 0 bridgehead atoms. The van der Waals surface area contributed by atoms with Crippen LogP contribution in [0.2, 0.25) is 0 Å². The van der Waals surface area contributed by atoms with Gasteiger partial charge in [0.05, 0.1) is 5.56 Å². The highest BCUT2D eigenvalue weighted by Gasteiger charge is 2.19. The predicted molar refractivity (Wildman–Crippen MR) is 73.0 cm³/mol. The normalized spacial score (nSPS) is 16.8. The van der Waals surface area contributed by atoms with E-state index in [-0.39, 0.29) is 5.56 Å². The number of nitrogens with zero attached hydrogens (tertiary/aromatic N) is 1. The molecular weight excluding hydrogens is 228 g/mol. The van der Waals surface area contributed by atoms with Crippen molar-refractivity contribution in [1.82, 2.24) is 0 Å².